The molecular formula is C4H4Br2ClNO3S. The molecule has 0 aliphatic carbocycles. The number of rotatable bonds is 3. The first-order chi connectivity index (χ1) is 5.25. The van der Waals surface area contributed by atoms with Crippen LogP contribution in [0.3, 0.4) is 0 Å². The standard InChI is InChI=1S/C4H4Br2ClNO3S/c1-4(6,3(5)7)12(10,11)8-2-9/h3H,1H3. The lowest BCUT2D eigenvalue weighted by molar-refractivity contribution is 0.561. The fourth-order valence-corrected chi connectivity index (χ4v) is 2.02. The lowest BCUT2D eigenvalue weighted by Crippen LogP contribution is -2.33. The normalized spacial score (nSPS) is 19.0. The Morgan fingerprint density at radius 3 is 2.33 bits per heavy atom. The second-order valence-electron chi connectivity index (χ2n) is 1.94. The zero-order valence-electron chi connectivity index (χ0n) is 5.79. The molecule has 0 bridgehead atoms. The van der Waals surface area contributed by atoms with Crippen molar-refractivity contribution in [2.75, 3.05) is 0 Å². The highest BCUT2D eigenvalue weighted by Gasteiger charge is 2.42. The van der Waals surface area contributed by atoms with Crippen LogP contribution >= 0.6 is 43.5 Å². The van der Waals surface area contributed by atoms with Crippen LogP contribution in [0, 0.1) is 0 Å². The molecule has 0 rings (SSSR count). The first-order valence-corrected chi connectivity index (χ1v) is 6.15. The van der Waals surface area contributed by atoms with Crippen molar-refractivity contribution in [3.8, 4) is 0 Å². The predicted octanol–water partition coefficient (Wildman–Crippen LogP) is 1.72. The molecule has 2 unspecified atom stereocenters. The number of nitrogens with zero attached hydrogens (tertiary/aromatic N) is 1. The molecule has 12 heavy (non-hydrogen) atoms. The van der Waals surface area contributed by atoms with Gasteiger partial charge in [0.25, 0.3) is 16.1 Å². The number of halogens is 3. The summed E-state index contributed by atoms with van der Waals surface area (Å²) in [6.07, 6.45) is 0.947. The van der Waals surface area contributed by atoms with Crippen molar-refractivity contribution in [1.82, 2.24) is 0 Å². The van der Waals surface area contributed by atoms with Gasteiger partial charge in [0.15, 0.2) is 3.66 Å². The van der Waals surface area contributed by atoms with Crippen molar-refractivity contribution < 1.29 is 13.2 Å². The summed E-state index contributed by atoms with van der Waals surface area (Å²) in [6.45, 7) is 1.27. The highest BCUT2D eigenvalue weighted by atomic mass is 79.9. The van der Waals surface area contributed by atoms with Crippen molar-refractivity contribution in [2.45, 2.75) is 14.9 Å². The van der Waals surface area contributed by atoms with Gasteiger partial charge in [0.1, 0.15) is 4.29 Å². The maximum atomic E-state index is 11.1. The lowest BCUT2D eigenvalue weighted by Gasteiger charge is -2.19. The third-order valence-corrected chi connectivity index (χ3v) is 6.96. The smallest absolute Gasteiger partial charge is 0.210 e. The van der Waals surface area contributed by atoms with Crippen molar-refractivity contribution in [3.63, 3.8) is 0 Å². The molecule has 0 saturated carbocycles. The maximum Gasteiger partial charge on any atom is 0.281 e. The van der Waals surface area contributed by atoms with Gasteiger partial charge >= 0.3 is 0 Å². The van der Waals surface area contributed by atoms with Gasteiger partial charge in [-0.05, 0) is 6.92 Å². The summed E-state index contributed by atoms with van der Waals surface area (Å²) in [7, 11) is -3.97. The number of hydrogen-bond donors (Lipinski definition) is 0. The summed E-state index contributed by atoms with van der Waals surface area (Å²) in [6, 6.07) is 0. The number of alkyl halides is 3. The quantitative estimate of drug-likeness (QED) is 0.446. The van der Waals surface area contributed by atoms with Crippen molar-refractivity contribution in [2.24, 2.45) is 4.40 Å². The first kappa shape index (κ1) is 12.6. The molecule has 0 amide bonds. The summed E-state index contributed by atoms with van der Waals surface area (Å²) >= 11 is 11.2. The van der Waals surface area contributed by atoms with Crippen LogP contribution in [0.1, 0.15) is 6.92 Å². The van der Waals surface area contributed by atoms with Crippen molar-refractivity contribution in [3.05, 3.63) is 0 Å². The van der Waals surface area contributed by atoms with E-state index < -0.39 is 18.0 Å². The van der Waals surface area contributed by atoms with Crippen LogP contribution in [0.4, 0.5) is 0 Å². The molecule has 0 N–H and O–H groups in total. The minimum Gasteiger partial charge on any atom is -0.210 e. The van der Waals surface area contributed by atoms with E-state index in [0.717, 1.165) is 6.08 Å². The molecule has 0 aliphatic rings. The minimum absolute atomic E-state index is 0.896. The molecule has 2 atom stereocenters. The van der Waals surface area contributed by atoms with Gasteiger partial charge in [0.2, 0.25) is 0 Å². The fourth-order valence-electron chi connectivity index (χ4n) is 0.251. The van der Waals surface area contributed by atoms with Gasteiger partial charge in [-0.15, -0.1) is 11.6 Å². The van der Waals surface area contributed by atoms with E-state index >= 15 is 0 Å². The minimum atomic E-state index is -3.97. The Bertz CT molecular complexity index is 306. The van der Waals surface area contributed by atoms with Gasteiger partial charge in [-0.2, -0.15) is 0 Å². The van der Waals surface area contributed by atoms with Crippen LogP contribution in [-0.4, -0.2) is 22.4 Å². The SMILES string of the molecule is CC(Br)(C(Cl)Br)S(=O)(=O)N=C=O. The summed E-state index contributed by atoms with van der Waals surface area (Å²) in [5, 5.41) is 0. The molecule has 0 aliphatic heterocycles. The fraction of sp³-hybridized carbons (Fsp3) is 0.750. The molecular weight excluding hydrogens is 337 g/mol. The van der Waals surface area contributed by atoms with E-state index in [1.54, 1.807) is 0 Å². The Kier molecular flexibility index (Phi) is 4.40. The molecule has 0 aromatic rings. The Balaban J connectivity index is 5.17. The first-order valence-electron chi connectivity index (χ1n) is 2.56. The van der Waals surface area contributed by atoms with Crippen LogP contribution in [0.25, 0.3) is 0 Å². The van der Waals surface area contributed by atoms with Crippen LogP contribution in [0.5, 0.6) is 0 Å². The molecule has 0 spiro atoms. The van der Waals surface area contributed by atoms with E-state index in [1.165, 1.54) is 6.92 Å². The highest BCUT2D eigenvalue weighted by molar-refractivity contribution is 9.14. The molecule has 70 valence electrons. The molecule has 0 aromatic heterocycles. The molecule has 0 radical (unpaired) electrons. The zero-order valence-corrected chi connectivity index (χ0v) is 10.5. The van der Waals surface area contributed by atoms with Crippen molar-refractivity contribution in [1.29, 1.82) is 0 Å². The van der Waals surface area contributed by atoms with E-state index in [4.69, 9.17) is 11.6 Å². The van der Waals surface area contributed by atoms with E-state index in [9.17, 15) is 13.2 Å². The van der Waals surface area contributed by atoms with Gasteiger partial charge < -0.3 is 0 Å². The van der Waals surface area contributed by atoms with Crippen LogP contribution < -0.4 is 0 Å². The Hall–Kier alpha value is 0.580. The molecule has 4 nitrogen and oxygen atoms in total. The molecule has 0 heterocycles. The van der Waals surface area contributed by atoms with E-state index in [0.29, 0.717) is 0 Å². The predicted molar refractivity (Wildman–Crippen MR) is 52.9 cm³/mol. The molecule has 8 heteroatoms. The van der Waals surface area contributed by atoms with Gasteiger partial charge in [-0.1, -0.05) is 36.3 Å². The summed E-state index contributed by atoms with van der Waals surface area (Å²) in [5.74, 6) is 0. The summed E-state index contributed by atoms with van der Waals surface area (Å²) < 4.78 is 22.5. The monoisotopic (exact) mass is 339 g/mol. The average molecular weight is 341 g/mol. The Morgan fingerprint density at radius 1 is 1.67 bits per heavy atom. The van der Waals surface area contributed by atoms with Gasteiger partial charge in [0, 0.05) is 0 Å². The largest absolute Gasteiger partial charge is 0.281 e. The van der Waals surface area contributed by atoms with Gasteiger partial charge in [-0.3, -0.25) is 0 Å². The number of carbonyl (C=O) groups excluding carboxylic acids is 1. The lowest BCUT2D eigenvalue weighted by atomic mass is 10.6. The van der Waals surface area contributed by atoms with Crippen LogP contribution in [0.2, 0.25) is 0 Å². The zero-order chi connectivity index (χ0) is 9.99. The topological polar surface area (TPSA) is 63.6 Å². The van der Waals surface area contributed by atoms with Crippen LogP contribution in [0.15, 0.2) is 4.40 Å². The third kappa shape index (κ3) is 2.53. The Morgan fingerprint density at radius 2 is 2.08 bits per heavy atom. The summed E-state index contributed by atoms with van der Waals surface area (Å²) in [4.78, 5) is 9.74. The summed E-state index contributed by atoms with van der Waals surface area (Å²) in [5.41, 5.74) is 0. The maximum absolute atomic E-state index is 11.1. The third-order valence-electron chi connectivity index (χ3n) is 1.05. The average Bonchev–Trinajstić information content (AvgIpc) is 1.86. The van der Waals surface area contributed by atoms with E-state index in [2.05, 4.69) is 36.3 Å². The number of sulfonamides is 1. The highest BCUT2D eigenvalue weighted by Crippen LogP contribution is 2.36. The van der Waals surface area contributed by atoms with Crippen molar-refractivity contribution >= 4 is 59.6 Å². The Labute approximate surface area is 91.7 Å². The second kappa shape index (κ2) is 4.19. The second-order valence-corrected chi connectivity index (χ2v) is 7.98. The number of hydrogen-bond acceptors (Lipinski definition) is 3. The van der Waals surface area contributed by atoms with E-state index in [-0.39, 0.29) is 0 Å². The van der Waals surface area contributed by atoms with Crippen LogP contribution in [-0.2, 0) is 14.8 Å². The molecule has 0 saturated heterocycles. The van der Waals surface area contributed by atoms with Gasteiger partial charge in [-0.25, -0.2) is 13.2 Å². The van der Waals surface area contributed by atoms with E-state index in [1.807, 2.05) is 0 Å². The van der Waals surface area contributed by atoms with Gasteiger partial charge in [0.05, 0.1) is 0 Å². The molecule has 0 aromatic carbocycles. The molecule has 0 fully saturated rings. The number of isocyanates is 1.